The van der Waals surface area contributed by atoms with Crippen molar-refractivity contribution in [1.82, 2.24) is 4.72 Å². The zero-order valence-electron chi connectivity index (χ0n) is 17.6. The predicted octanol–water partition coefficient (Wildman–Crippen LogP) is 1.55. The van der Waals surface area contributed by atoms with Gasteiger partial charge in [-0.05, 0) is 30.0 Å². The van der Waals surface area contributed by atoms with Gasteiger partial charge < -0.3 is 24.3 Å². The van der Waals surface area contributed by atoms with E-state index in [1.54, 1.807) is 5.38 Å². The molecule has 33 heavy (non-hydrogen) atoms. The lowest BCUT2D eigenvalue weighted by atomic mass is 10.3. The average molecular weight is 499 g/mol. The van der Waals surface area contributed by atoms with Gasteiger partial charge in [-0.15, -0.1) is 11.3 Å². The summed E-state index contributed by atoms with van der Waals surface area (Å²) in [5.41, 5.74) is 0.265. The maximum Gasteiger partial charge on any atom is 0.350 e. The van der Waals surface area contributed by atoms with Crippen LogP contribution in [0.5, 0.6) is 11.5 Å². The average Bonchev–Trinajstić information content (AvgIpc) is 3.27. The molecule has 0 atom stereocenters. The van der Waals surface area contributed by atoms with Crippen molar-refractivity contribution in [1.29, 1.82) is 0 Å². The molecule has 0 bridgehead atoms. The zero-order chi connectivity index (χ0) is 23.8. The minimum Gasteiger partial charge on any atom is -0.486 e. The zero-order valence-corrected chi connectivity index (χ0v) is 19.3. The Bertz CT molecular complexity index is 1130. The van der Waals surface area contributed by atoms with E-state index >= 15 is 0 Å². The minimum absolute atomic E-state index is 0.00450. The maximum atomic E-state index is 12.4. The molecule has 1 aliphatic heterocycles. The fourth-order valence-corrected chi connectivity index (χ4v) is 4.63. The second kappa shape index (κ2) is 11.1. The van der Waals surface area contributed by atoms with Crippen molar-refractivity contribution in [3.8, 4) is 11.5 Å². The Morgan fingerprint density at radius 1 is 1.12 bits per heavy atom. The standard InChI is InChI=1S/C20H22N2O9S2/c1-28-20(25)19-14(6-10-32-19)22-17(23)12-31-18(24)3-2-7-21-33(26,27)13-4-5-15-16(11-13)30-9-8-29-15/h4-6,10-11,21H,2-3,7-9,12H2,1H3,(H,22,23). The van der Waals surface area contributed by atoms with Gasteiger partial charge in [-0.1, -0.05) is 0 Å². The number of hydrogen-bond acceptors (Lipinski definition) is 10. The van der Waals surface area contributed by atoms with Crippen LogP contribution < -0.4 is 19.5 Å². The van der Waals surface area contributed by atoms with E-state index in [0.29, 0.717) is 24.7 Å². The molecule has 1 aliphatic rings. The summed E-state index contributed by atoms with van der Waals surface area (Å²) < 4.78 is 47.5. The lowest BCUT2D eigenvalue weighted by Crippen LogP contribution is -2.26. The molecule has 178 valence electrons. The van der Waals surface area contributed by atoms with Crippen molar-refractivity contribution in [3.63, 3.8) is 0 Å². The summed E-state index contributed by atoms with van der Waals surface area (Å²) in [4.78, 5) is 35.6. The lowest BCUT2D eigenvalue weighted by Gasteiger charge is -2.18. The van der Waals surface area contributed by atoms with Gasteiger partial charge in [0.2, 0.25) is 10.0 Å². The summed E-state index contributed by atoms with van der Waals surface area (Å²) in [6, 6.07) is 5.84. The molecule has 0 radical (unpaired) electrons. The molecule has 2 heterocycles. The SMILES string of the molecule is COC(=O)c1sccc1NC(=O)COC(=O)CCCNS(=O)(=O)c1ccc2c(c1)OCCO2. The molecule has 2 aromatic rings. The molecule has 1 aromatic carbocycles. The Labute approximate surface area is 194 Å². The first-order chi connectivity index (χ1) is 15.8. The number of rotatable bonds is 10. The summed E-state index contributed by atoms with van der Waals surface area (Å²) in [6.07, 6.45) is 0.0735. The van der Waals surface area contributed by atoms with Crippen LogP contribution in [-0.4, -0.2) is 59.7 Å². The monoisotopic (exact) mass is 498 g/mol. The summed E-state index contributed by atoms with van der Waals surface area (Å²) in [5.74, 6) is -1.04. The fraction of sp³-hybridized carbons (Fsp3) is 0.350. The highest BCUT2D eigenvalue weighted by Crippen LogP contribution is 2.32. The van der Waals surface area contributed by atoms with Crippen molar-refractivity contribution < 1.29 is 41.7 Å². The molecule has 0 unspecified atom stereocenters. The summed E-state index contributed by atoms with van der Waals surface area (Å²) in [5, 5.41) is 4.08. The number of thiophene rings is 1. The first kappa shape index (κ1) is 24.5. The van der Waals surface area contributed by atoms with E-state index in [-0.39, 0.29) is 34.8 Å². The first-order valence-corrected chi connectivity index (χ1v) is 12.2. The number of fused-ring (bicyclic) bond motifs is 1. The molecule has 0 fully saturated rings. The van der Waals surface area contributed by atoms with E-state index in [9.17, 15) is 22.8 Å². The van der Waals surface area contributed by atoms with Gasteiger partial charge in [0.15, 0.2) is 18.1 Å². The van der Waals surface area contributed by atoms with E-state index in [1.807, 2.05) is 0 Å². The summed E-state index contributed by atoms with van der Waals surface area (Å²) >= 11 is 1.10. The molecular formula is C20H22N2O9S2. The number of ether oxygens (including phenoxy) is 4. The Hall–Kier alpha value is -3.16. The van der Waals surface area contributed by atoms with Crippen LogP contribution in [0, 0.1) is 0 Å². The Balaban J connectivity index is 1.38. The molecule has 1 aromatic heterocycles. The third-order valence-electron chi connectivity index (χ3n) is 4.35. The van der Waals surface area contributed by atoms with Gasteiger partial charge in [0.25, 0.3) is 5.91 Å². The second-order valence-electron chi connectivity index (χ2n) is 6.67. The van der Waals surface area contributed by atoms with Crippen molar-refractivity contribution in [2.24, 2.45) is 0 Å². The number of methoxy groups -OCH3 is 1. The van der Waals surface area contributed by atoms with Crippen molar-refractivity contribution >= 4 is 44.9 Å². The van der Waals surface area contributed by atoms with Crippen LogP contribution in [0.4, 0.5) is 5.69 Å². The van der Waals surface area contributed by atoms with Crippen molar-refractivity contribution in [3.05, 3.63) is 34.5 Å². The van der Waals surface area contributed by atoms with Crippen molar-refractivity contribution in [2.75, 3.05) is 38.8 Å². The van der Waals surface area contributed by atoms with E-state index in [1.165, 1.54) is 31.4 Å². The Kier molecular flexibility index (Phi) is 8.25. The van der Waals surface area contributed by atoms with Crippen LogP contribution in [0.25, 0.3) is 0 Å². The number of anilines is 1. The number of carbonyl (C=O) groups is 3. The molecule has 0 spiro atoms. The number of esters is 2. The highest BCUT2D eigenvalue weighted by atomic mass is 32.2. The smallest absolute Gasteiger partial charge is 0.350 e. The first-order valence-electron chi connectivity index (χ1n) is 9.81. The number of amides is 1. The molecule has 13 heteroatoms. The summed E-state index contributed by atoms with van der Waals surface area (Å²) in [6.45, 7) is 0.190. The Morgan fingerprint density at radius 3 is 2.64 bits per heavy atom. The van der Waals surface area contributed by atoms with E-state index in [0.717, 1.165) is 11.3 Å². The van der Waals surface area contributed by atoms with E-state index < -0.39 is 34.5 Å². The number of benzene rings is 1. The summed E-state index contributed by atoms with van der Waals surface area (Å²) in [7, 11) is -2.57. The minimum atomic E-state index is -3.80. The number of carbonyl (C=O) groups excluding carboxylic acids is 3. The second-order valence-corrected chi connectivity index (χ2v) is 9.35. The fourth-order valence-electron chi connectivity index (χ4n) is 2.78. The molecule has 11 nitrogen and oxygen atoms in total. The van der Waals surface area contributed by atoms with Crippen LogP contribution in [0.15, 0.2) is 34.5 Å². The normalized spacial score (nSPS) is 12.6. The predicted molar refractivity (Wildman–Crippen MR) is 117 cm³/mol. The van der Waals surface area contributed by atoms with Crippen LogP contribution >= 0.6 is 11.3 Å². The van der Waals surface area contributed by atoms with Gasteiger partial charge in [0, 0.05) is 19.0 Å². The van der Waals surface area contributed by atoms with Crippen LogP contribution in [0.1, 0.15) is 22.5 Å². The molecule has 2 N–H and O–H groups in total. The quantitative estimate of drug-likeness (QED) is 0.368. The third kappa shape index (κ3) is 6.66. The van der Waals surface area contributed by atoms with Gasteiger partial charge in [-0.25, -0.2) is 17.9 Å². The van der Waals surface area contributed by atoms with Gasteiger partial charge in [-0.2, -0.15) is 0 Å². The van der Waals surface area contributed by atoms with Crippen LogP contribution in [0.3, 0.4) is 0 Å². The van der Waals surface area contributed by atoms with Gasteiger partial charge in [0.05, 0.1) is 17.7 Å². The highest BCUT2D eigenvalue weighted by molar-refractivity contribution is 7.89. The van der Waals surface area contributed by atoms with Crippen molar-refractivity contribution in [2.45, 2.75) is 17.7 Å². The molecule has 3 rings (SSSR count). The van der Waals surface area contributed by atoms with Crippen LogP contribution in [0.2, 0.25) is 0 Å². The van der Waals surface area contributed by atoms with E-state index in [2.05, 4.69) is 14.8 Å². The number of nitrogens with one attached hydrogen (secondary N) is 2. The highest BCUT2D eigenvalue weighted by Gasteiger charge is 2.20. The number of sulfonamides is 1. The lowest BCUT2D eigenvalue weighted by molar-refractivity contribution is -0.147. The Morgan fingerprint density at radius 2 is 1.88 bits per heavy atom. The van der Waals surface area contributed by atoms with Gasteiger partial charge >= 0.3 is 11.9 Å². The maximum absolute atomic E-state index is 12.4. The third-order valence-corrected chi connectivity index (χ3v) is 6.70. The van der Waals surface area contributed by atoms with Gasteiger partial charge in [-0.3, -0.25) is 9.59 Å². The molecule has 0 aliphatic carbocycles. The molecule has 0 saturated heterocycles. The number of hydrogen-bond donors (Lipinski definition) is 2. The largest absolute Gasteiger partial charge is 0.486 e. The molecule has 1 amide bonds. The molecule has 0 saturated carbocycles. The topological polar surface area (TPSA) is 146 Å². The van der Waals surface area contributed by atoms with Crippen LogP contribution in [-0.2, 0) is 29.1 Å². The van der Waals surface area contributed by atoms with E-state index in [4.69, 9.17) is 14.2 Å². The molecular weight excluding hydrogens is 476 g/mol. The van der Waals surface area contributed by atoms with Gasteiger partial charge in [0.1, 0.15) is 18.1 Å².